The Balaban J connectivity index is 1.98. The largest absolute Gasteiger partial charge is 0.348 e. The van der Waals surface area contributed by atoms with Crippen LogP contribution in [0.1, 0.15) is 38.0 Å². The molecule has 1 saturated heterocycles. The lowest BCUT2D eigenvalue weighted by Crippen LogP contribution is -2.27. The van der Waals surface area contributed by atoms with Gasteiger partial charge in [-0.15, -0.1) is 0 Å². The van der Waals surface area contributed by atoms with Gasteiger partial charge in [0.2, 0.25) is 0 Å². The van der Waals surface area contributed by atoms with E-state index in [4.69, 9.17) is 9.47 Å². The predicted octanol–water partition coefficient (Wildman–Crippen LogP) is 3.96. The van der Waals surface area contributed by atoms with Crippen LogP contribution in [0.3, 0.4) is 0 Å². The Morgan fingerprint density at radius 2 is 1.68 bits per heavy atom. The van der Waals surface area contributed by atoms with Gasteiger partial charge in [-0.1, -0.05) is 19.8 Å². The van der Waals surface area contributed by atoms with Gasteiger partial charge in [-0.3, -0.25) is 0 Å². The molecule has 2 nitrogen and oxygen atoms in total. The summed E-state index contributed by atoms with van der Waals surface area (Å²) < 4.78 is 50.0. The van der Waals surface area contributed by atoms with Crippen LogP contribution in [0.5, 0.6) is 0 Å². The number of benzene rings is 1. The van der Waals surface area contributed by atoms with Gasteiger partial charge in [-0.05, 0) is 18.6 Å². The van der Waals surface area contributed by atoms with Crippen LogP contribution in [-0.4, -0.2) is 13.2 Å². The van der Waals surface area contributed by atoms with Crippen molar-refractivity contribution in [2.24, 2.45) is 5.92 Å². The van der Waals surface area contributed by atoms with Gasteiger partial charge in [0.25, 0.3) is 0 Å². The Bertz CT molecular complexity index is 406. The van der Waals surface area contributed by atoms with Gasteiger partial charge < -0.3 is 9.47 Å². The van der Waals surface area contributed by atoms with Gasteiger partial charge in [0.1, 0.15) is 0 Å². The highest BCUT2D eigenvalue weighted by atomic mass is 19.2. The fraction of sp³-hybridized carbons (Fsp3) is 0.571. The van der Waals surface area contributed by atoms with E-state index in [0.29, 0.717) is 19.1 Å². The summed E-state index contributed by atoms with van der Waals surface area (Å²) in [6.07, 6.45) is 2.40. The molecule has 0 aromatic heterocycles. The minimum absolute atomic E-state index is 0.172. The maximum absolute atomic E-state index is 13.1. The summed E-state index contributed by atoms with van der Waals surface area (Å²) in [6.45, 7) is 3.09. The van der Waals surface area contributed by atoms with Gasteiger partial charge in [-0.25, -0.2) is 13.2 Å². The Morgan fingerprint density at radius 3 is 2.21 bits per heavy atom. The molecule has 0 N–H and O–H groups in total. The third-order valence-corrected chi connectivity index (χ3v) is 3.21. The van der Waals surface area contributed by atoms with E-state index < -0.39 is 23.7 Å². The normalized spacial score (nSPS) is 23.6. The minimum atomic E-state index is -1.47. The Kier molecular flexibility index (Phi) is 4.82. The lowest BCUT2D eigenvalue weighted by atomic mass is 10.0. The highest BCUT2D eigenvalue weighted by Crippen LogP contribution is 2.28. The summed E-state index contributed by atoms with van der Waals surface area (Å²) in [5.74, 6) is -3.61. The fourth-order valence-corrected chi connectivity index (χ4v) is 2.11. The first-order chi connectivity index (χ1) is 9.11. The van der Waals surface area contributed by atoms with E-state index in [9.17, 15) is 13.2 Å². The molecule has 0 saturated carbocycles. The molecule has 0 aliphatic carbocycles. The second-order valence-electron chi connectivity index (χ2n) is 4.81. The van der Waals surface area contributed by atoms with E-state index in [-0.39, 0.29) is 5.56 Å². The summed E-state index contributed by atoms with van der Waals surface area (Å²) in [5, 5.41) is 0. The van der Waals surface area contributed by atoms with Crippen molar-refractivity contribution in [1.29, 1.82) is 0 Å². The zero-order chi connectivity index (χ0) is 13.8. The molecule has 2 rings (SSSR count). The first kappa shape index (κ1) is 14.3. The molecule has 19 heavy (non-hydrogen) atoms. The molecule has 0 bridgehead atoms. The monoisotopic (exact) mass is 274 g/mol. The first-order valence-electron chi connectivity index (χ1n) is 6.49. The zero-order valence-corrected chi connectivity index (χ0v) is 10.8. The van der Waals surface area contributed by atoms with E-state index in [0.717, 1.165) is 31.4 Å². The Labute approximate surface area is 110 Å². The van der Waals surface area contributed by atoms with Crippen molar-refractivity contribution in [3.8, 4) is 0 Å². The van der Waals surface area contributed by atoms with Crippen LogP contribution < -0.4 is 0 Å². The predicted molar refractivity (Wildman–Crippen MR) is 64.0 cm³/mol. The van der Waals surface area contributed by atoms with Crippen molar-refractivity contribution in [1.82, 2.24) is 0 Å². The van der Waals surface area contributed by atoms with Crippen molar-refractivity contribution in [3.63, 3.8) is 0 Å². The van der Waals surface area contributed by atoms with Gasteiger partial charge in [0.15, 0.2) is 23.7 Å². The number of ether oxygens (including phenoxy) is 2. The number of hydrogen-bond donors (Lipinski definition) is 0. The Morgan fingerprint density at radius 1 is 1.11 bits per heavy atom. The molecular weight excluding hydrogens is 257 g/mol. The van der Waals surface area contributed by atoms with Gasteiger partial charge in [0, 0.05) is 11.5 Å². The van der Waals surface area contributed by atoms with Crippen molar-refractivity contribution in [2.45, 2.75) is 32.5 Å². The third kappa shape index (κ3) is 3.48. The zero-order valence-electron chi connectivity index (χ0n) is 10.8. The maximum atomic E-state index is 13.1. The van der Waals surface area contributed by atoms with Crippen LogP contribution in [0.25, 0.3) is 0 Å². The summed E-state index contributed by atoms with van der Waals surface area (Å²) in [7, 11) is 0. The molecule has 1 fully saturated rings. The van der Waals surface area contributed by atoms with Crippen LogP contribution in [0, 0.1) is 23.4 Å². The molecule has 0 unspecified atom stereocenters. The highest BCUT2D eigenvalue weighted by Gasteiger charge is 2.25. The summed E-state index contributed by atoms with van der Waals surface area (Å²) in [4.78, 5) is 0. The molecule has 1 aromatic carbocycles. The molecule has 1 aromatic rings. The maximum Gasteiger partial charge on any atom is 0.194 e. The van der Waals surface area contributed by atoms with Crippen LogP contribution >= 0.6 is 0 Å². The van der Waals surface area contributed by atoms with Crippen molar-refractivity contribution < 1.29 is 22.6 Å². The van der Waals surface area contributed by atoms with Gasteiger partial charge in [0.05, 0.1) is 13.2 Å². The first-order valence-corrected chi connectivity index (χ1v) is 6.49. The quantitative estimate of drug-likeness (QED) is 0.774. The third-order valence-electron chi connectivity index (χ3n) is 3.21. The molecule has 106 valence electrons. The molecule has 1 heterocycles. The van der Waals surface area contributed by atoms with E-state index in [2.05, 4.69) is 6.92 Å². The standard InChI is InChI=1S/C14H17F3O2/c1-2-3-4-9-7-18-14(19-8-9)10-5-11(15)13(17)12(16)6-10/h5-6,9,14H,2-4,7-8H2,1H3. The molecule has 0 spiro atoms. The average Bonchev–Trinajstić information content (AvgIpc) is 2.42. The number of halogens is 3. The molecule has 1 aliphatic heterocycles. The van der Waals surface area contributed by atoms with E-state index in [1.807, 2.05) is 0 Å². The topological polar surface area (TPSA) is 18.5 Å². The second kappa shape index (κ2) is 6.39. The lowest BCUT2D eigenvalue weighted by molar-refractivity contribution is -0.206. The summed E-state index contributed by atoms with van der Waals surface area (Å²) >= 11 is 0. The van der Waals surface area contributed by atoms with E-state index in [1.54, 1.807) is 0 Å². The van der Waals surface area contributed by atoms with Crippen LogP contribution in [-0.2, 0) is 9.47 Å². The SMILES string of the molecule is CCCCC1COC(c2cc(F)c(F)c(F)c2)OC1. The summed E-state index contributed by atoms with van der Waals surface area (Å²) in [5.41, 5.74) is 0.172. The molecule has 0 amide bonds. The Hall–Kier alpha value is -1.07. The van der Waals surface area contributed by atoms with E-state index in [1.165, 1.54) is 0 Å². The second-order valence-corrected chi connectivity index (χ2v) is 4.81. The van der Waals surface area contributed by atoms with Crippen molar-refractivity contribution in [2.75, 3.05) is 13.2 Å². The smallest absolute Gasteiger partial charge is 0.194 e. The molecule has 0 atom stereocenters. The van der Waals surface area contributed by atoms with Crippen LogP contribution in [0.2, 0.25) is 0 Å². The van der Waals surface area contributed by atoms with Crippen LogP contribution in [0.15, 0.2) is 12.1 Å². The van der Waals surface area contributed by atoms with Crippen molar-refractivity contribution >= 4 is 0 Å². The average molecular weight is 274 g/mol. The number of unbranched alkanes of at least 4 members (excludes halogenated alkanes) is 1. The minimum Gasteiger partial charge on any atom is -0.348 e. The van der Waals surface area contributed by atoms with Gasteiger partial charge >= 0.3 is 0 Å². The molecule has 5 heteroatoms. The molecule has 1 aliphatic rings. The lowest BCUT2D eigenvalue weighted by Gasteiger charge is -2.29. The molecular formula is C14H17F3O2. The fourth-order valence-electron chi connectivity index (χ4n) is 2.11. The molecule has 0 radical (unpaired) electrons. The van der Waals surface area contributed by atoms with Gasteiger partial charge in [-0.2, -0.15) is 0 Å². The number of hydrogen-bond acceptors (Lipinski definition) is 2. The van der Waals surface area contributed by atoms with Crippen molar-refractivity contribution in [3.05, 3.63) is 35.1 Å². The summed E-state index contributed by atoms with van der Waals surface area (Å²) in [6, 6.07) is 1.82. The van der Waals surface area contributed by atoms with E-state index >= 15 is 0 Å². The number of rotatable bonds is 4. The highest BCUT2D eigenvalue weighted by molar-refractivity contribution is 5.20. The van der Waals surface area contributed by atoms with Crippen LogP contribution in [0.4, 0.5) is 13.2 Å².